The Morgan fingerprint density at radius 1 is 1.43 bits per heavy atom. The zero-order chi connectivity index (χ0) is 9.97. The normalized spacial score (nSPS) is 17.1. The van der Waals surface area contributed by atoms with Crippen molar-refractivity contribution in [2.75, 3.05) is 31.2 Å². The summed E-state index contributed by atoms with van der Waals surface area (Å²) >= 11 is 5.92. The number of halogens is 1. The van der Waals surface area contributed by atoms with Crippen LogP contribution < -0.4 is 4.90 Å². The van der Waals surface area contributed by atoms with Crippen molar-refractivity contribution < 1.29 is 4.74 Å². The van der Waals surface area contributed by atoms with E-state index in [9.17, 15) is 0 Å². The molecule has 14 heavy (non-hydrogen) atoms. The first kappa shape index (κ1) is 9.74. The van der Waals surface area contributed by atoms with E-state index < -0.39 is 0 Å². The molecule has 0 aromatic carbocycles. The highest BCUT2D eigenvalue weighted by molar-refractivity contribution is 6.30. The van der Waals surface area contributed by atoms with Gasteiger partial charge in [0.1, 0.15) is 0 Å². The Balaban J connectivity index is 2.24. The molecule has 2 heterocycles. The minimum Gasteiger partial charge on any atom is -0.378 e. The van der Waals surface area contributed by atoms with Crippen LogP contribution in [0.25, 0.3) is 0 Å². The molecule has 1 aromatic rings. The van der Waals surface area contributed by atoms with Gasteiger partial charge in [-0.3, -0.25) is 4.98 Å². The number of rotatable bonds is 1. The maximum atomic E-state index is 5.92. The van der Waals surface area contributed by atoms with Gasteiger partial charge in [-0.1, -0.05) is 11.6 Å². The molecule has 0 amide bonds. The Labute approximate surface area is 88.6 Å². The molecule has 2 rings (SSSR count). The fraction of sp³-hybridized carbons (Fsp3) is 0.500. The maximum absolute atomic E-state index is 5.92. The Bertz CT molecular complexity index is 324. The Morgan fingerprint density at radius 2 is 2.14 bits per heavy atom. The van der Waals surface area contributed by atoms with Gasteiger partial charge in [-0.25, -0.2) is 0 Å². The molecule has 0 atom stereocenters. The van der Waals surface area contributed by atoms with Crippen molar-refractivity contribution in [2.24, 2.45) is 0 Å². The monoisotopic (exact) mass is 212 g/mol. The van der Waals surface area contributed by atoms with Gasteiger partial charge in [-0.2, -0.15) is 0 Å². The van der Waals surface area contributed by atoms with Gasteiger partial charge in [0.15, 0.2) is 0 Å². The number of hydrogen-bond acceptors (Lipinski definition) is 3. The second kappa shape index (κ2) is 4.15. The number of aryl methyl sites for hydroxylation is 1. The van der Waals surface area contributed by atoms with Crippen LogP contribution in [-0.2, 0) is 4.74 Å². The highest BCUT2D eigenvalue weighted by Gasteiger charge is 2.13. The third kappa shape index (κ3) is 1.99. The van der Waals surface area contributed by atoms with E-state index in [0.29, 0.717) is 5.02 Å². The van der Waals surface area contributed by atoms with Crippen LogP contribution in [0.15, 0.2) is 12.3 Å². The van der Waals surface area contributed by atoms with E-state index in [1.165, 1.54) is 0 Å². The zero-order valence-corrected chi connectivity index (χ0v) is 8.92. The number of pyridine rings is 1. The summed E-state index contributed by atoms with van der Waals surface area (Å²) in [6.45, 7) is 5.41. The summed E-state index contributed by atoms with van der Waals surface area (Å²) in [5, 5.41) is 0.692. The van der Waals surface area contributed by atoms with Crippen molar-refractivity contribution in [3.05, 3.63) is 23.0 Å². The summed E-state index contributed by atoms with van der Waals surface area (Å²) in [5.74, 6) is 0. The van der Waals surface area contributed by atoms with Gasteiger partial charge in [0.25, 0.3) is 0 Å². The molecule has 3 nitrogen and oxygen atoms in total. The van der Waals surface area contributed by atoms with Crippen LogP contribution in [0.1, 0.15) is 5.69 Å². The van der Waals surface area contributed by atoms with Crippen LogP contribution in [-0.4, -0.2) is 31.3 Å². The first-order chi connectivity index (χ1) is 6.77. The summed E-state index contributed by atoms with van der Waals surface area (Å²) in [5.41, 5.74) is 2.15. The molecule has 1 aromatic heterocycles. The van der Waals surface area contributed by atoms with Gasteiger partial charge in [-0.15, -0.1) is 0 Å². The summed E-state index contributed by atoms with van der Waals surface area (Å²) < 4.78 is 5.30. The lowest BCUT2D eigenvalue weighted by Crippen LogP contribution is -2.36. The van der Waals surface area contributed by atoms with Crippen LogP contribution in [0.5, 0.6) is 0 Å². The van der Waals surface area contributed by atoms with E-state index in [2.05, 4.69) is 9.88 Å². The predicted molar refractivity (Wildman–Crippen MR) is 57.0 cm³/mol. The molecular weight excluding hydrogens is 200 g/mol. The van der Waals surface area contributed by atoms with Crippen molar-refractivity contribution >= 4 is 17.3 Å². The van der Waals surface area contributed by atoms with Gasteiger partial charge in [0, 0.05) is 19.3 Å². The maximum Gasteiger partial charge on any atom is 0.0642 e. The molecule has 0 radical (unpaired) electrons. The van der Waals surface area contributed by atoms with Gasteiger partial charge in [0.05, 0.1) is 29.6 Å². The number of morpholine rings is 1. The molecule has 0 unspecified atom stereocenters. The summed E-state index contributed by atoms with van der Waals surface area (Å²) in [6.07, 6.45) is 1.68. The van der Waals surface area contributed by atoms with Crippen LogP contribution in [0.4, 0.5) is 5.69 Å². The fourth-order valence-electron chi connectivity index (χ4n) is 1.62. The minimum absolute atomic E-state index is 0.692. The summed E-state index contributed by atoms with van der Waals surface area (Å²) in [7, 11) is 0. The molecular formula is C10H13ClN2O. The topological polar surface area (TPSA) is 25.4 Å². The van der Waals surface area contributed by atoms with Gasteiger partial charge in [-0.05, 0) is 13.0 Å². The van der Waals surface area contributed by atoms with Crippen molar-refractivity contribution in [3.8, 4) is 0 Å². The van der Waals surface area contributed by atoms with E-state index in [1.807, 2.05) is 13.0 Å². The van der Waals surface area contributed by atoms with Crippen molar-refractivity contribution in [2.45, 2.75) is 6.92 Å². The zero-order valence-electron chi connectivity index (χ0n) is 8.16. The quantitative estimate of drug-likeness (QED) is 0.711. The fourth-order valence-corrected chi connectivity index (χ4v) is 1.77. The molecule has 76 valence electrons. The number of aromatic nitrogens is 1. The van der Waals surface area contributed by atoms with E-state index >= 15 is 0 Å². The Kier molecular flexibility index (Phi) is 2.89. The largest absolute Gasteiger partial charge is 0.378 e. The van der Waals surface area contributed by atoms with Gasteiger partial charge < -0.3 is 9.64 Å². The molecule has 1 fully saturated rings. The van der Waals surface area contributed by atoms with E-state index in [4.69, 9.17) is 16.3 Å². The summed E-state index contributed by atoms with van der Waals surface area (Å²) in [6, 6.07) is 1.97. The average Bonchev–Trinajstić information content (AvgIpc) is 2.23. The van der Waals surface area contributed by atoms with E-state index in [0.717, 1.165) is 37.7 Å². The smallest absolute Gasteiger partial charge is 0.0642 e. The number of ether oxygens (including phenoxy) is 1. The third-order valence-corrected chi connectivity index (χ3v) is 2.59. The second-order valence-electron chi connectivity index (χ2n) is 3.36. The van der Waals surface area contributed by atoms with Crippen molar-refractivity contribution in [1.29, 1.82) is 0 Å². The lowest BCUT2D eigenvalue weighted by molar-refractivity contribution is 0.122. The molecule has 1 saturated heterocycles. The van der Waals surface area contributed by atoms with Crippen molar-refractivity contribution in [1.82, 2.24) is 4.98 Å². The molecule has 0 spiro atoms. The van der Waals surface area contributed by atoms with Crippen LogP contribution >= 0.6 is 11.6 Å². The second-order valence-corrected chi connectivity index (χ2v) is 3.79. The van der Waals surface area contributed by atoms with Crippen LogP contribution in [0.2, 0.25) is 5.02 Å². The molecule has 0 N–H and O–H groups in total. The van der Waals surface area contributed by atoms with Crippen LogP contribution in [0, 0.1) is 6.92 Å². The lowest BCUT2D eigenvalue weighted by atomic mass is 10.2. The predicted octanol–water partition coefficient (Wildman–Crippen LogP) is 1.88. The summed E-state index contributed by atoms with van der Waals surface area (Å²) in [4.78, 5) is 6.50. The molecule has 1 aliphatic heterocycles. The standard InChI is InChI=1S/C10H13ClN2O/c1-8-10(6-9(11)7-12-8)13-2-4-14-5-3-13/h6-7H,2-5H2,1H3. The molecule has 0 saturated carbocycles. The number of hydrogen-bond donors (Lipinski definition) is 0. The van der Waals surface area contributed by atoms with Crippen LogP contribution in [0.3, 0.4) is 0 Å². The number of nitrogens with zero attached hydrogens (tertiary/aromatic N) is 2. The SMILES string of the molecule is Cc1ncc(Cl)cc1N1CCOCC1. The highest BCUT2D eigenvalue weighted by atomic mass is 35.5. The number of anilines is 1. The Hall–Kier alpha value is -0.800. The molecule has 0 bridgehead atoms. The minimum atomic E-state index is 0.692. The van der Waals surface area contributed by atoms with Crippen molar-refractivity contribution in [3.63, 3.8) is 0 Å². The van der Waals surface area contributed by atoms with Gasteiger partial charge in [0.2, 0.25) is 0 Å². The Morgan fingerprint density at radius 3 is 2.86 bits per heavy atom. The molecule has 4 heteroatoms. The average molecular weight is 213 g/mol. The highest BCUT2D eigenvalue weighted by Crippen LogP contribution is 2.22. The van der Waals surface area contributed by atoms with E-state index in [1.54, 1.807) is 6.20 Å². The lowest BCUT2D eigenvalue weighted by Gasteiger charge is -2.29. The molecule has 0 aliphatic carbocycles. The van der Waals surface area contributed by atoms with Gasteiger partial charge >= 0.3 is 0 Å². The molecule has 1 aliphatic rings. The first-order valence-electron chi connectivity index (χ1n) is 4.72. The van der Waals surface area contributed by atoms with E-state index in [-0.39, 0.29) is 0 Å². The first-order valence-corrected chi connectivity index (χ1v) is 5.10. The third-order valence-electron chi connectivity index (χ3n) is 2.38.